The lowest BCUT2D eigenvalue weighted by Crippen LogP contribution is -2.36. The molecule has 0 amide bonds. The van der Waals surface area contributed by atoms with Crippen molar-refractivity contribution in [3.63, 3.8) is 0 Å². The number of benzene rings is 1. The number of piperidine rings is 1. The van der Waals surface area contributed by atoms with Crippen LogP contribution in [0.15, 0.2) is 18.2 Å². The Morgan fingerprint density at radius 2 is 2.06 bits per heavy atom. The van der Waals surface area contributed by atoms with Gasteiger partial charge < -0.3 is 9.64 Å². The molecule has 0 atom stereocenters. The van der Waals surface area contributed by atoms with Crippen molar-refractivity contribution < 1.29 is 9.53 Å². The molecule has 18 heavy (non-hydrogen) atoms. The predicted molar refractivity (Wildman–Crippen MR) is 73.7 cm³/mol. The van der Waals surface area contributed by atoms with Crippen LogP contribution in [0.1, 0.15) is 30.1 Å². The summed E-state index contributed by atoms with van der Waals surface area (Å²) in [5.74, 6) is 0.0431. The molecule has 1 aliphatic rings. The van der Waals surface area contributed by atoms with Crippen LogP contribution < -0.4 is 4.90 Å². The molecule has 3 nitrogen and oxygen atoms in total. The average Bonchev–Trinajstić information content (AvgIpc) is 2.38. The van der Waals surface area contributed by atoms with E-state index in [9.17, 15) is 4.79 Å². The Labute approximate surface area is 113 Å². The molecule has 0 aliphatic carbocycles. The molecule has 0 unspecified atom stereocenters. The molecule has 1 fully saturated rings. The molecule has 1 saturated heterocycles. The quantitative estimate of drug-likeness (QED) is 0.788. The number of ether oxygens (including phenoxy) is 1. The van der Waals surface area contributed by atoms with Crippen LogP contribution in [0, 0.1) is 0 Å². The fourth-order valence-corrected chi connectivity index (χ4v) is 2.61. The topological polar surface area (TPSA) is 29.5 Å². The second kappa shape index (κ2) is 5.72. The molecular formula is C14H18ClNO2. The number of halogens is 1. The monoisotopic (exact) mass is 267 g/mol. The fourth-order valence-electron chi connectivity index (χ4n) is 2.31. The van der Waals surface area contributed by atoms with Crippen molar-refractivity contribution in [2.45, 2.75) is 25.9 Å². The first-order valence-electron chi connectivity index (χ1n) is 6.20. The van der Waals surface area contributed by atoms with Gasteiger partial charge in [-0.05, 0) is 38.0 Å². The second-order valence-electron chi connectivity index (χ2n) is 4.64. The van der Waals surface area contributed by atoms with E-state index in [1.165, 1.54) is 0 Å². The minimum absolute atomic E-state index is 0.0431. The van der Waals surface area contributed by atoms with E-state index in [0.717, 1.165) is 31.6 Å². The summed E-state index contributed by atoms with van der Waals surface area (Å²) in [6.07, 6.45) is 2.39. The fraction of sp³-hybridized carbons (Fsp3) is 0.500. The van der Waals surface area contributed by atoms with Crippen LogP contribution in [0.25, 0.3) is 0 Å². The van der Waals surface area contributed by atoms with Crippen LogP contribution in [-0.4, -0.2) is 32.1 Å². The van der Waals surface area contributed by atoms with Crippen molar-refractivity contribution in [2.24, 2.45) is 0 Å². The van der Waals surface area contributed by atoms with Gasteiger partial charge in [0.25, 0.3) is 0 Å². The van der Waals surface area contributed by atoms with Gasteiger partial charge in [0.1, 0.15) is 0 Å². The van der Waals surface area contributed by atoms with Crippen LogP contribution in [0.2, 0.25) is 5.02 Å². The molecule has 98 valence electrons. The molecule has 4 heteroatoms. The Hall–Kier alpha value is -1.06. The van der Waals surface area contributed by atoms with E-state index in [2.05, 4.69) is 4.90 Å². The maximum absolute atomic E-state index is 11.3. The van der Waals surface area contributed by atoms with Gasteiger partial charge in [-0.1, -0.05) is 11.6 Å². The van der Waals surface area contributed by atoms with Crippen molar-refractivity contribution in [3.05, 3.63) is 28.8 Å². The van der Waals surface area contributed by atoms with Gasteiger partial charge >= 0.3 is 0 Å². The summed E-state index contributed by atoms with van der Waals surface area (Å²) in [6, 6.07) is 5.53. The zero-order chi connectivity index (χ0) is 13.1. The highest BCUT2D eigenvalue weighted by Crippen LogP contribution is 2.29. The third-order valence-electron chi connectivity index (χ3n) is 3.47. The molecule has 1 aromatic carbocycles. The van der Waals surface area contributed by atoms with E-state index < -0.39 is 0 Å². The van der Waals surface area contributed by atoms with Gasteiger partial charge in [0.05, 0.1) is 16.8 Å². The van der Waals surface area contributed by atoms with Crippen LogP contribution in [0.5, 0.6) is 0 Å². The van der Waals surface area contributed by atoms with Gasteiger partial charge in [-0.2, -0.15) is 0 Å². The van der Waals surface area contributed by atoms with E-state index in [1.807, 2.05) is 12.1 Å². The van der Waals surface area contributed by atoms with Gasteiger partial charge in [0, 0.05) is 25.8 Å². The number of hydrogen-bond donors (Lipinski definition) is 0. The molecule has 2 rings (SSSR count). The van der Waals surface area contributed by atoms with Crippen LogP contribution >= 0.6 is 11.6 Å². The molecule has 0 saturated carbocycles. The lowest BCUT2D eigenvalue weighted by Gasteiger charge is -2.33. The molecular weight excluding hydrogens is 250 g/mol. The van der Waals surface area contributed by atoms with Crippen LogP contribution in [0.3, 0.4) is 0 Å². The Bertz CT molecular complexity index is 439. The molecule has 1 aromatic rings. The Morgan fingerprint density at radius 1 is 1.39 bits per heavy atom. The highest BCUT2D eigenvalue weighted by molar-refractivity contribution is 6.33. The maximum Gasteiger partial charge on any atom is 0.159 e. The highest BCUT2D eigenvalue weighted by Gasteiger charge is 2.20. The van der Waals surface area contributed by atoms with E-state index in [1.54, 1.807) is 20.1 Å². The van der Waals surface area contributed by atoms with Gasteiger partial charge in [-0.25, -0.2) is 0 Å². The zero-order valence-electron chi connectivity index (χ0n) is 10.8. The van der Waals surface area contributed by atoms with Gasteiger partial charge in [-0.3, -0.25) is 4.79 Å². The number of nitrogens with zero attached hydrogens (tertiary/aromatic N) is 1. The zero-order valence-corrected chi connectivity index (χ0v) is 11.5. The standard InChI is InChI=1S/C14H18ClNO2/c1-10(17)11-3-4-14(13(15)9-11)16-7-5-12(18-2)6-8-16/h3-4,9,12H,5-8H2,1-2H3. The lowest BCUT2D eigenvalue weighted by molar-refractivity contribution is 0.0819. The number of Topliss-reactive ketones (excluding diaryl/α,β-unsaturated/α-hetero) is 1. The van der Waals surface area contributed by atoms with Gasteiger partial charge in [-0.15, -0.1) is 0 Å². The first-order valence-corrected chi connectivity index (χ1v) is 6.58. The van der Waals surface area contributed by atoms with Crippen molar-refractivity contribution in [1.29, 1.82) is 0 Å². The lowest BCUT2D eigenvalue weighted by atomic mass is 10.1. The summed E-state index contributed by atoms with van der Waals surface area (Å²) in [7, 11) is 1.76. The minimum atomic E-state index is 0.0431. The Balaban J connectivity index is 2.12. The molecule has 0 spiro atoms. The number of ketones is 1. The number of methoxy groups -OCH3 is 1. The summed E-state index contributed by atoms with van der Waals surface area (Å²) in [6.45, 7) is 3.44. The molecule has 0 N–H and O–H groups in total. The van der Waals surface area contributed by atoms with Gasteiger partial charge in [0.15, 0.2) is 5.78 Å². The number of carbonyl (C=O) groups is 1. The third kappa shape index (κ3) is 2.85. The molecule has 0 radical (unpaired) electrons. The largest absolute Gasteiger partial charge is 0.381 e. The summed E-state index contributed by atoms with van der Waals surface area (Å²) in [5.41, 5.74) is 1.67. The normalized spacial score (nSPS) is 16.9. The molecule has 0 aromatic heterocycles. The van der Waals surface area contributed by atoms with E-state index in [4.69, 9.17) is 16.3 Å². The number of hydrogen-bond acceptors (Lipinski definition) is 3. The number of rotatable bonds is 3. The van der Waals surface area contributed by atoms with Crippen molar-refractivity contribution >= 4 is 23.1 Å². The summed E-state index contributed by atoms with van der Waals surface area (Å²) in [4.78, 5) is 13.5. The number of anilines is 1. The van der Waals surface area contributed by atoms with E-state index in [0.29, 0.717) is 16.7 Å². The SMILES string of the molecule is COC1CCN(c2ccc(C(C)=O)cc2Cl)CC1. The molecule has 1 heterocycles. The van der Waals surface area contributed by atoms with E-state index in [-0.39, 0.29) is 5.78 Å². The average molecular weight is 268 g/mol. The van der Waals surface area contributed by atoms with Crippen molar-refractivity contribution in [3.8, 4) is 0 Å². The first-order chi connectivity index (χ1) is 8.61. The predicted octanol–water partition coefficient (Wildman–Crippen LogP) is 3.16. The molecule has 1 aliphatic heterocycles. The summed E-state index contributed by atoms with van der Waals surface area (Å²) >= 11 is 6.25. The Kier molecular flexibility index (Phi) is 4.25. The van der Waals surface area contributed by atoms with Crippen LogP contribution in [0.4, 0.5) is 5.69 Å². The Morgan fingerprint density at radius 3 is 2.56 bits per heavy atom. The first kappa shape index (κ1) is 13.4. The molecule has 0 bridgehead atoms. The van der Waals surface area contributed by atoms with Gasteiger partial charge in [0.2, 0.25) is 0 Å². The highest BCUT2D eigenvalue weighted by atomic mass is 35.5. The summed E-state index contributed by atoms with van der Waals surface area (Å²) in [5, 5.41) is 0.651. The van der Waals surface area contributed by atoms with Crippen molar-refractivity contribution in [1.82, 2.24) is 0 Å². The minimum Gasteiger partial charge on any atom is -0.381 e. The second-order valence-corrected chi connectivity index (χ2v) is 5.05. The van der Waals surface area contributed by atoms with Crippen LogP contribution in [-0.2, 0) is 4.74 Å². The smallest absolute Gasteiger partial charge is 0.159 e. The number of carbonyl (C=O) groups excluding carboxylic acids is 1. The summed E-state index contributed by atoms with van der Waals surface area (Å²) < 4.78 is 5.35. The van der Waals surface area contributed by atoms with E-state index >= 15 is 0 Å². The third-order valence-corrected chi connectivity index (χ3v) is 3.77. The van der Waals surface area contributed by atoms with Crippen molar-refractivity contribution in [2.75, 3.05) is 25.1 Å². The maximum atomic E-state index is 11.3.